The lowest BCUT2D eigenvalue weighted by molar-refractivity contribution is 0.239. The first-order valence-electron chi connectivity index (χ1n) is 1.66. The van der Waals surface area contributed by atoms with E-state index < -0.39 is 15.6 Å². The molecule has 3 heteroatoms. The van der Waals surface area contributed by atoms with Crippen LogP contribution in [0.1, 0.15) is 0 Å². The highest BCUT2D eigenvalue weighted by Gasteiger charge is 1.94. The van der Waals surface area contributed by atoms with Crippen molar-refractivity contribution in [3.63, 3.8) is 0 Å². The molecule has 0 N–H and O–H groups in total. The molecule has 0 radical (unpaired) electrons. The van der Waals surface area contributed by atoms with Gasteiger partial charge in [0.05, 0.1) is 0 Å². The number of alkyl halides is 2. The zero-order valence-corrected chi connectivity index (χ0v) is 4.74. The van der Waals surface area contributed by atoms with Crippen LogP contribution in [0.3, 0.4) is 0 Å². The zero-order valence-electron chi connectivity index (χ0n) is 3.32. The van der Waals surface area contributed by atoms with E-state index in [1.165, 1.54) is 5.70 Å². The third-order valence-corrected chi connectivity index (χ3v) is 1.03. The predicted octanol–water partition coefficient (Wildman–Crippen LogP) is 0.521. The molecule has 0 bridgehead atoms. The van der Waals surface area contributed by atoms with Gasteiger partial charge in [-0.1, -0.05) is 0 Å². The van der Waals surface area contributed by atoms with E-state index in [1.807, 2.05) is 0 Å². The highest BCUT2D eigenvalue weighted by Crippen LogP contribution is 1.85. The Kier molecular flexibility index (Phi) is 2.93. The molecule has 0 saturated heterocycles. The van der Waals surface area contributed by atoms with E-state index in [1.54, 1.807) is 0 Å². The fraction of sp³-hybridized carbons (Fsp3) is 0.333. The van der Waals surface area contributed by atoms with Crippen molar-refractivity contribution in [2.24, 2.45) is 0 Å². The summed E-state index contributed by atoms with van der Waals surface area (Å²) in [4.78, 5) is 0. The molecule has 0 aromatic heterocycles. The van der Waals surface area contributed by atoms with E-state index in [4.69, 9.17) is 0 Å². The van der Waals surface area contributed by atoms with Crippen molar-refractivity contribution in [2.75, 3.05) is 0 Å². The van der Waals surface area contributed by atoms with Gasteiger partial charge in [0, 0.05) is 0 Å². The lowest BCUT2D eigenvalue weighted by atomic mass is 11.3. The Morgan fingerprint density at radius 3 is 2.17 bits per heavy atom. The van der Waals surface area contributed by atoms with E-state index in [9.17, 15) is 8.78 Å². The molecule has 0 rings (SSSR count). The van der Waals surface area contributed by atoms with Crippen LogP contribution in [0.25, 0.3) is 0 Å². The van der Waals surface area contributed by atoms with Crippen molar-refractivity contribution in [1.82, 2.24) is 0 Å². The Bertz CT molecular complexity index is 44.1. The molecular formula is C3H6F2Si. The molecule has 0 saturated carbocycles. The van der Waals surface area contributed by atoms with Crippen LogP contribution in [0.5, 0.6) is 0 Å². The summed E-state index contributed by atoms with van der Waals surface area (Å²) in [7, 11) is -1.21. The molecule has 0 spiro atoms. The molecule has 0 aromatic rings. The molecule has 6 heavy (non-hydrogen) atoms. The van der Waals surface area contributed by atoms with Gasteiger partial charge < -0.3 is 0 Å². The minimum Gasteiger partial charge on any atom is -0.216 e. The molecule has 36 valence electrons. The van der Waals surface area contributed by atoms with Crippen molar-refractivity contribution >= 4 is 9.52 Å². The summed E-state index contributed by atoms with van der Waals surface area (Å²) < 4.78 is 22.1. The predicted molar refractivity (Wildman–Crippen MR) is 24.7 cm³/mol. The SMILES string of the molecule is C=C[SiH2]C(F)F. The standard InChI is InChI=1S/C3H6F2Si/c1-2-6-3(4)5/h2-3H,1,6H2. The summed E-state index contributed by atoms with van der Waals surface area (Å²) in [5.41, 5.74) is 1.34. The maximum absolute atomic E-state index is 11.0. The Balaban J connectivity index is 2.81. The molecule has 0 nitrogen and oxygen atoms in total. The summed E-state index contributed by atoms with van der Waals surface area (Å²) >= 11 is 0. The average Bonchev–Trinajstić information content (AvgIpc) is 1.35. The Morgan fingerprint density at radius 2 is 2.17 bits per heavy atom. The quantitative estimate of drug-likeness (QED) is 0.452. The number of halogens is 2. The minimum absolute atomic E-state index is 1.21. The highest BCUT2D eigenvalue weighted by molar-refractivity contribution is 6.42. The first kappa shape index (κ1) is 5.82. The normalized spacial score (nSPS) is 11.2. The summed E-state index contributed by atoms with van der Waals surface area (Å²) in [5, 5.41) is 0. The maximum atomic E-state index is 11.0. The van der Waals surface area contributed by atoms with Crippen molar-refractivity contribution in [1.29, 1.82) is 0 Å². The molecular weight excluding hydrogens is 102 g/mol. The van der Waals surface area contributed by atoms with Crippen molar-refractivity contribution in [3.05, 3.63) is 12.3 Å². The van der Waals surface area contributed by atoms with E-state index in [0.29, 0.717) is 0 Å². The van der Waals surface area contributed by atoms with Gasteiger partial charge in [0.2, 0.25) is 6.05 Å². The number of rotatable bonds is 2. The van der Waals surface area contributed by atoms with Crippen molar-refractivity contribution in [2.45, 2.75) is 6.05 Å². The van der Waals surface area contributed by atoms with Crippen LogP contribution in [-0.4, -0.2) is 15.6 Å². The van der Waals surface area contributed by atoms with Crippen LogP contribution < -0.4 is 0 Å². The Morgan fingerprint density at radius 1 is 1.67 bits per heavy atom. The zero-order chi connectivity index (χ0) is 4.99. The van der Waals surface area contributed by atoms with E-state index >= 15 is 0 Å². The van der Waals surface area contributed by atoms with Crippen LogP contribution in [-0.2, 0) is 0 Å². The summed E-state index contributed by atoms with van der Waals surface area (Å²) in [6, 6.07) is -2.08. The van der Waals surface area contributed by atoms with Crippen LogP contribution >= 0.6 is 0 Å². The molecule has 0 aliphatic heterocycles. The fourth-order valence-electron chi connectivity index (χ4n) is 0.126. The van der Waals surface area contributed by atoms with Gasteiger partial charge in [-0.2, -0.15) is 0 Å². The van der Waals surface area contributed by atoms with Gasteiger partial charge in [0.15, 0.2) is 0 Å². The Labute approximate surface area is 37.7 Å². The van der Waals surface area contributed by atoms with Gasteiger partial charge in [-0.3, -0.25) is 0 Å². The third-order valence-electron chi connectivity index (χ3n) is 0.345. The molecule has 0 aliphatic carbocycles. The fourth-order valence-corrected chi connectivity index (χ4v) is 0.378. The molecule has 0 aromatic carbocycles. The van der Waals surface area contributed by atoms with Gasteiger partial charge in [-0.15, -0.1) is 12.3 Å². The van der Waals surface area contributed by atoms with Crippen LogP contribution in [0.2, 0.25) is 0 Å². The second kappa shape index (κ2) is 3.02. The van der Waals surface area contributed by atoms with Crippen LogP contribution in [0.15, 0.2) is 12.3 Å². The summed E-state index contributed by atoms with van der Waals surface area (Å²) in [6.45, 7) is 3.18. The van der Waals surface area contributed by atoms with Crippen LogP contribution in [0, 0.1) is 0 Å². The van der Waals surface area contributed by atoms with Crippen molar-refractivity contribution in [3.8, 4) is 0 Å². The van der Waals surface area contributed by atoms with Gasteiger partial charge in [-0.25, -0.2) is 8.78 Å². The first-order chi connectivity index (χ1) is 2.77. The van der Waals surface area contributed by atoms with E-state index in [-0.39, 0.29) is 0 Å². The second-order valence-electron chi connectivity index (χ2n) is 0.915. The molecule has 0 aliphatic rings. The monoisotopic (exact) mass is 108 g/mol. The minimum atomic E-state index is -2.08. The average molecular weight is 108 g/mol. The molecule has 0 heterocycles. The van der Waals surface area contributed by atoms with E-state index in [2.05, 4.69) is 6.58 Å². The van der Waals surface area contributed by atoms with Crippen LogP contribution in [0.4, 0.5) is 8.78 Å². The van der Waals surface area contributed by atoms with Gasteiger partial charge >= 0.3 is 0 Å². The lowest BCUT2D eigenvalue weighted by Gasteiger charge is -1.82. The molecule has 0 fully saturated rings. The number of hydrogen-bond donors (Lipinski definition) is 0. The lowest BCUT2D eigenvalue weighted by Crippen LogP contribution is -1.98. The molecule has 0 atom stereocenters. The van der Waals surface area contributed by atoms with E-state index in [0.717, 1.165) is 0 Å². The Hall–Kier alpha value is -0.183. The summed E-state index contributed by atoms with van der Waals surface area (Å²) in [6.07, 6.45) is 0. The maximum Gasteiger partial charge on any atom is 0.218 e. The first-order valence-corrected chi connectivity index (χ1v) is 3.29. The van der Waals surface area contributed by atoms with Crippen molar-refractivity contribution < 1.29 is 8.78 Å². The van der Waals surface area contributed by atoms with Gasteiger partial charge in [-0.05, 0) is 0 Å². The molecule has 0 amide bonds. The van der Waals surface area contributed by atoms with Gasteiger partial charge in [0.1, 0.15) is 9.52 Å². The highest BCUT2D eigenvalue weighted by atomic mass is 28.2. The largest absolute Gasteiger partial charge is 0.218 e. The topological polar surface area (TPSA) is 0 Å². The van der Waals surface area contributed by atoms with Gasteiger partial charge in [0.25, 0.3) is 0 Å². The number of hydrogen-bond acceptors (Lipinski definition) is 0. The smallest absolute Gasteiger partial charge is 0.216 e. The second-order valence-corrected chi connectivity index (χ2v) is 2.58. The third kappa shape index (κ3) is 3.82. The summed E-state index contributed by atoms with van der Waals surface area (Å²) in [5.74, 6) is 0. The molecule has 0 unspecified atom stereocenters.